The van der Waals surface area contributed by atoms with E-state index in [1.807, 2.05) is 19.1 Å². The molecule has 0 saturated heterocycles. The second-order valence-electron chi connectivity index (χ2n) is 3.97. The van der Waals surface area contributed by atoms with Gasteiger partial charge in [-0.15, -0.1) is 0 Å². The Labute approximate surface area is 100 Å². The summed E-state index contributed by atoms with van der Waals surface area (Å²) >= 11 is 0. The first kappa shape index (κ1) is 11.3. The Hall–Kier alpha value is -2.16. The van der Waals surface area contributed by atoms with E-state index in [9.17, 15) is 10.2 Å². The van der Waals surface area contributed by atoms with Gasteiger partial charge in [-0.25, -0.2) is 0 Å². The van der Waals surface area contributed by atoms with Gasteiger partial charge in [0.05, 0.1) is 6.04 Å². The molecule has 1 atom stereocenters. The van der Waals surface area contributed by atoms with Crippen LogP contribution in [0.4, 0.5) is 5.69 Å². The third kappa shape index (κ3) is 2.69. The van der Waals surface area contributed by atoms with Crippen molar-refractivity contribution in [3.05, 3.63) is 54.1 Å². The van der Waals surface area contributed by atoms with Gasteiger partial charge in [-0.3, -0.25) is 0 Å². The molecule has 0 heterocycles. The van der Waals surface area contributed by atoms with Gasteiger partial charge in [-0.1, -0.05) is 18.2 Å². The van der Waals surface area contributed by atoms with Crippen molar-refractivity contribution in [3.63, 3.8) is 0 Å². The minimum absolute atomic E-state index is 0.000688. The molecule has 2 aromatic rings. The number of phenols is 2. The molecular formula is C14H15NO2. The van der Waals surface area contributed by atoms with Crippen molar-refractivity contribution >= 4 is 5.69 Å². The predicted molar refractivity (Wildman–Crippen MR) is 68.3 cm³/mol. The lowest BCUT2D eigenvalue weighted by Crippen LogP contribution is -2.06. The molecule has 0 aliphatic rings. The molecule has 3 heteroatoms. The molecule has 0 aromatic heterocycles. The van der Waals surface area contributed by atoms with Gasteiger partial charge in [0.25, 0.3) is 0 Å². The van der Waals surface area contributed by atoms with Crippen molar-refractivity contribution < 1.29 is 10.2 Å². The van der Waals surface area contributed by atoms with E-state index in [1.165, 1.54) is 0 Å². The molecule has 1 unspecified atom stereocenters. The van der Waals surface area contributed by atoms with E-state index < -0.39 is 0 Å². The van der Waals surface area contributed by atoms with Crippen LogP contribution in [0.1, 0.15) is 18.5 Å². The summed E-state index contributed by atoms with van der Waals surface area (Å²) in [4.78, 5) is 0. The van der Waals surface area contributed by atoms with Crippen LogP contribution in [0.3, 0.4) is 0 Å². The molecular weight excluding hydrogens is 214 g/mol. The average molecular weight is 229 g/mol. The fraction of sp³-hybridized carbons (Fsp3) is 0.143. The number of anilines is 1. The van der Waals surface area contributed by atoms with E-state index in [0.29, 0.717) is 0 Å². The summed E-state index contributed by atoms with van der Waals surface area (Å²) in [7, 11) is 0. The van der Waals surface area contributed by atoms with E-state index >= 15 is 0 Å². The number of hydrogen-bond donors (Lipinski definition) is 3. The summed E-state index contributed by atoms with van der Waals surface area (Å²) in [6.07, 6.45) is 0. The quantitative estimate of drug-likeness (QED) is 0.708. The number of rotatable bonds is 3. The SMILES string of the molecule is CC(Nc1ccc(O)cc1)c1ccccc1O. The largest absolute Gasteiger partial charge is 0.508 e. The molecule has 0 bridgehead atoms. The highest BCUT2D eigenvalue weighted by Crippen LogP contribution is 2.26. The summed E-state index contributed by atoms with van der Waals surface area (Å²) in [5, 5.41) is 22.2. The van der Waals surface area contributed by atoms with E-state index in [4.69, 9.17) is 0 Å². The van der Waals surface area contributed by atoms with Crippen LogP contribution in [0.15, 0.2) is 48.5 Å². The van der Waals surface area contributed by atoms with E-state index in [0.717, 1.165) is 11.3 Å². The first-order chi connectivity index (χ1) is 8.16. The summed E-state index contributed by atoms with van der Waals surface area (Å²) in [6, 6.07) is 14.1. The van der Waals surface area contributed by atoms with Crippen LogP contribution in [-0.4, -0.2) is 10.2 Å². The number of hydrogen-bond acceptors (Lipinski definition) is 3. The Morgan fingerprint density at radius 1 is 0.941 bits per heavy atom. The van der Waals surface area contributed by atoms with E-state index in [2.05, 4.69) is 5.32 Å². The van der Waals surface area contributed by atoms with E-state index in [-0.39, 0.29) is 17.5 Å². The van der Waals surface area contributed by atoms with E-state index in [1.54, 1.807) is 36.4 Å². The van der Waals surface area contributed by atoms with Crippen LogP contribution in [0.5, 0.6) is 11.5 Å². The Kier molecular flexibility index (Phi) is 3.19. The Morgan fingerprint density at radius 2 is 1.59 bits per heavy atom. The normalized spacial score (nSPS) is 12.1. The highest BCUT2D eigenvalue weighted by Gasteiger charge is 2.08. The average Bonchev–Trinajstić information content (AvgIpc) is 2.32. The monoisotopic (exact) mass is 229 g/mol. The van der Waals surface area contributed by atoms with Crippen LogP contribution in [0.25, 0.3) is 0 Å². The highest BCUT2D eigenvalue weighted by molar-refractivity contribution is 5.49. The zero-order chi connectivity index (χ0) is 12.3. The smallest absolute Gasteiger partial charge is 0.120 e. The van der Waals surface area contributed by atoms with Crippen LogP contribution >= 0.6 is 0 Å². The van der Waals surface area contributed by atoms with Gasteiger partial charge >= 0.3 is 0 Å². The highest BCUT2D eigenvalue weighted by atomic mass is 16.3. The van der Waals surface area contributed by atoms with Crippen LogP contribution in [0, 0.1) is 0 Å². The van der Waals surface area contributed by atoms with Gasteiger partial charge in [-0.05, 0) is 37.3 Å². The zero-order valence-corrected chi connectivity index (χ0v) is 9.59. The van der Waals surface area contributed by atoms with Crippen LogP contribution in [0.2, 0.25) is 0 Å². The Morgan fingerprint density at radius 3 is 2.24 bits per heavy atom. The lowest BCUT2D eigenvalue weighted by molar-refractivity contribution is 0.465. The van der Waals surface area contributed by atoms with Gasteiger partial charge in [0.1, 0.15) is 11.5 Å². The molecule has 17 heavy (non-hydrogen) atoms. The molecule has 2 rings (SSSR count). The van der Waals surface area contributed by atoms with Crippen molar-refractivity contribution in [3.8, 4) is 11.5 Å². The van der Waals surface area contributed by atoms with Gasteiger partial charge in [0, 0.05) is 11.3 Å². The maximum Gasteiger partial charge on any atom is 0.120 e. The molecule has 88 valence electrons. The van der Waals surface area contributed by atoms with Crippen molar-refractivity contribution in [2.45, 2.75) is 13.0 Å². The first-order valence-corrected chi connectivity index (χ1v) is 5.50. The third-order valence-electron chi connectivity index (χ3n) is 2.65. The van der Waals surface area contributed by atoms with Gasteiger partial charge < -0.3 is 15.5 Å². The predicted octanol–water partition coefficient (Wildman–Crippen LogP) is 3.27. The minimum Gasteiger partial charge on any atom is -0.508 e. The molecule has 3 N–H and O–H groups in total. The Balaban J connectivity index is 2.14. The first-order valence-electron chi connectivity index (χ1n) is 5.50. The molecule has 0 aliphatic carbocycles. The summed E-state index contributed by atoms with van der Waals surface area (Å²) in [5.41, 5.74) is 1.75. The second-order valence-corrected chi connectivity index (χ2v) is 3.97. The molecule has 0 aliphatic heterocycles. The van der Waals surface area contributed by atoms with Crippen LogP contribution < -0.4 is 5.32 Å². The molecule has 3 nitrogen and oxygen atoms in total. The fourth-order valence-electron chi connectivity index (χ4n) is 1.74. The second kappa shape index (κ2) is 4.78. The lowest BCUT2D eigenvalue weighted by Gasteiger charge is -2.16. The number of nitrogens with one attached hydrogen (secondary N) is 1. The number of phenolic OH excluding ortho intramolecular Hbond substituents is 2. The molecule has 0 saturated carbocycles. The van der Waals surface area contributed by atoms with Crippen molar-refractivity contribution in [1.29, 1.82) is 0 Å². The van der Waals surface area contributed by atoms with Gasteiger partial charge in [0.2, 0.25) is 0 Å². The van der Waals surface area contributed by atoms with Crippen LogP contribution in [-0.2, 0) is 0 Å². The fourth-order valence-corrected chi connectivity index (χ4v) is 1.74. The molecule has 0 amide bonds. The summed E-state index contributed by atoms with van der Waals surface area (Å²) in [6.45, 7) is 1.97. The summed E-state index contributed by atoms with van der Waals surface area (Å²) in [5.74, 6) is 0.525. The lowest BCUT2D eigenvalue weighted by atomic mass is 10.1. The van der Waals surface area contributed by atoms with Crippen molar-refractivity contribution in [2.24, 2.45) is 0 Å². The topological polar surface area (TPSA) is 52.5 Å². The molecule has 0 spiro atoms. The third-order valence-corrected chi connectivity index (χ3v) is 2.65. The maximum absolute atomic E-state index is 9.72. The standard InChI is InChI=1S/C14H15NO2/c1-10(13-4-2-3-5-14(13)17)15-11-6-8-12(16)9-7-11/h2-10,15-17H,1H3. The van der Waals surface area contributed by atoms with Crippen molar-refractivity contribution in [1.82, 2.24) is 0 Å². The van der Waals surface area contributed by atoms with Gasteiger partial charge in [0.15, 0.2) is 0 Å². The number of aromatic hydroxyl groups is 2. The minimum atomic E-state index is 0.000688. The number of para-hydroxylation sites is 1. The number of benzene rings is 2. The Bertz CT molecular complexity index is 494. The zero-order valence-electron chi connectivity index (χ0n) is 9.59. The molecule has 2 aromatic carbocycles. The van der Waals surface area contributed by atoms with Gasteiger partial charge in [-0.2, -0.15) is 0 Å². The maximum atomic E-state index is 9.72. The molecule has 0 radical (unpaired) electrons. The molecule has 0 fully saturated rings. The summed E-state index contributed by atoms with van der Waals surface area (Å²) < 4.78 is 0. The van der Waals surface area contributed by atoms with Crippen molar-refractivity contribution in [2.75, 3.05) is 5.32 Å².